The number of nitrogens with one attached hydrogen (secondary N) is 2. The van der Waals surface area contributed by atoms with E-state index in [1.54, 1.807) is 0 Å². The molecule has 0 aliphatic heterocycles. The first-order valence-electron chi connectivity index (χ1n) is 6.01. The molecule has 0 saturated heterocycles. The molecule has 0 bridgehead atoms. The van der Waals surface area contributed by atoms with Gasteiger partial charge in [0.25, 0.3) is 0 Å². The van der Waals surface area contributed by atoms with Crippen LogP contribution in [0.25, 0.3) is 0 Å². The summed E-state index contributed by atoms with van der Waals surface area (Å²) in [6.45, 7) is 5.61. The largest absolute Gasteiger partial charge is 0.467 e. The van der Waals surface area contributed by atoms with Crippen molar-refractivity contribution in [1.82, 2.24) is 19.9 Å². The van der Waals surface area contributed by atoms with E-state index in [-0.39, 0.29) is 0 Å². The molecule has 102 valence electrons. The van der Waals surface area contributed by atoms with Gasteiger partial charge in [0.05, 0.1) is 7.11 Å². The molecule has 0 amide bonds. The van der Waals surface area contributed by atoms with Gasteiger partial charge in [-0.15, -0.1) is 0 Å². The van der Waals surface area contributed by atoms with Crippen molar-refractivity contribution in [2.45, 2.75) is 19.9 Å². The second kappa shape index (κ2) is 6.95. The van der Waals surface area contributed by atoms with Crippen LogP contribution in [0.5, 0.6) is 6.01 Å². The Hall–Kier alpha value is -1.63. The Kier molecular flexibility index (Phi) is 5.57. The second-order valence-electron chi connectivity index (χ2n) is 4.19. The monoisotopic (exact) mass is 254 g/mol. The molecular weight excluding hydrogens is 232 g/mol. The Morgan fingerprint density at radius 1 is 1.17 bits per heavy atom. The predicted octanol–water partition coefficient (Wildman–Crippen LogP) is 0.674. The van der Waals surface area contributed by atoms with E-state index in [9.17, 15) is 0 Å². The SMILES string of the molecule is CCNc1nc(NCC(C)N(C)C)nc(OC)n1. The van der Waals surface area contributed by atoms with Crippen LogP contribution in [0.15, 0.2) is 0 Å². The highest BCUT2D eigenvalue weighted by Crippen LogP contribution is 2.10. The Balaban J connectivity index is 2.71. The summed E-state index contributed by atoms with van der Waals surface area (Å²) in [4.78, 5) is 14.6. The van der Waals surface area contributed by atoms with Gasteiger partial charge in [-0.1, -0.05) is 0 Å². The lowest BCUT2D eigenvalue weighted by Gasteiger charge is -2.20. The van der Waals surface area contributed by atoms with Crippen molar-refractivity contribution < 1.29 is 4.74 Å². The van der Waals surface area contributed by atoms with E-state index in [4.69, 9.17) is 4.74 Å². The van der Waals surface area contributed by atoms with Gasteiger partial charge in [-0.05, 0) is 27.9 Å². The fraction of sp³-hybridized carbons (Fsp3) is 0.727. The average molecular weight is 254 g/mol. The van der Waals surface area contributed by atoms with Crippen LogP contribution < -0.4 is 15.4 Å². The molecule has 18 heavy (non-hydrogen) atoms. The maximum atomic E-state index is 5.04. The molecule has 0 spiro atoms. The molecule has 0 aliphatic rings. The lowest BCUT2D eigenvalue weighted by Crippen LogP contribution is -2.32. The molecule has 0 fully saturated rings. The standard InChI is InChI=1S/C11H22N6O/c1-6-12-9-14-10(16-11(15-9)18-5)13-7-8(2)17(3)4/h8H,6-7H2,1-5H3,(H2,12,13,14,15,16). The van der Waals surface area contributed by atoms with Gasteiger partial charge in [-0.3, -0.25) is 0 Å². The number of nitrogens with zero attached hydrogens (tertiary/aromatic N) is 4. The number of aromatic nitrogens is 3. The summed E-state index contributed by atoms with van der Waals surface area (Å²) in [5, 5.41) is 6.22. The summed E-state index contributed by atoms with van der Waals surface area (Å²) in [6.07, 6.45) is 0. The third-order valence-corrected chi connectivity index (χ3v) is 2.57. The number of ether oxygens (including phenoxy) is 1. The second-order valence-corrected chi connectivity index (χ2v) is 4.19. The zero-order chi connectivity index (χ0) is 13.5. The minimum Gasteiger partial charge on any atom is -0.467 e. The summed E-state index contributed by atoms with van der Waals surface area (Å²) in [5.74, 6) is 1.04. The maximum absolute atomic E-state index is 5.04. The molecule has 1 atom stereocenters. The van der Waals surface area contributed by atoms with E-state index < -0.39 is 0 Å². The minimum atomic E-state index is 0.306. The van der Waals surface area contributed by atoms with Crippen molar-refractivity contribution in [2.24, 2.45) is 0 Å². The first-order valence-corrected chi connectivity index (χ1v) is 6.01. The Morgan fingerprint density at radius 2 is 1.78 bits per heavy atom. The fourth-order valence-corrected chi connectivity index (χ4v) is 1.19. The molecule has 1 aromatic heterocycles. The first-order chi connectivity index (χ1) is 8.56. The van der Waals surface area contributed by atoms with Gasteiger partial charge in [0.2, 0.25) is 11.9 Å². The molecule has 0 aliphatic carbocycles. The molecule has 1 unspecified atom stereocenters. The Morgan fingerprint density at radius 3 is 2.28 bits per heavy atom. The van der Waals surface area contributed by atoms with E-state index in [1.165, 1.54) is 7.11 Å². The topological polar surface area (TPSA) is 75.2 Å². The zero-order valence-corrected chi connectivity index (χ0v) is 11.7. The minimum absolute atomic E-state index is 0.306. The first kappa shape index (κ1) is 14.4. The fourth-order valence-electron chi connectivity index (χ4n) is 1.19. The summed E-state index contributed by atoms with van der Waals surface area (Å²) in [6, 6.07) is 0.691. The van der Waals surface area contributed by atoms with E-state index >= 15 is 0 Å². The number of anilines is 2. The molecule has 7 heteroatoms. The summed E-state index contributed by atoms with van der Waals surface area (Å²) in [5.41, 5.74) is 0. The van der Waals surface area contributed by atoms with Crippen molar-refractivity contribution in [3.8, 4) is 6.01 Å². The average Bonchev–Trinajstić information content (AvgIpc) is 2.35. The van der Waals surface area contributed by atoms with Crippen LogP contribution in [-0.2, 0) is 0 Å². The number of rotatable bonds is 7. The van der Waals surface area contributed by atoms with Gasteiger partial charge >= 0.3 is 6.01 Å². The van der Waals surface area contributed by atoms with Crippen molar-refractivity contribution in [1.29, 1.82) is 0 Å². The summed E-state index contributed by atoms with van der Waals surface area (Å²) in [7, 11) is 5.60. The molecule has 1 aromatic rings. The summed E-state index contributed by atoms with van der Waals surface area (Å²) >= 11 is 0. The van der Waals surface area contributed by atoms with Crippen LogP contribution in [0.4, 0.5) is 11.9 Å². The normalized spacial score (nSPS) is 12.3. The van der Waals surface area contributed by atoms with Gasteiger partial charge in [-0.2, -0.15) is 15.0 Å². The van der Waals surface area contributed by atoms with Gasteiger partial charge in [-0.25, -0.2) is 0 Å². The van der Waals surface area contributed by atoms with E-state index in [0.717, 1.165) is 13.1 Å². The Labute approximate surface area is 108 Å². The van der Waals surface area contributed by atoms with E-state index in [2.05, 4.69) is 37.4 Å². The lowest BCUT2D eigenvalue weighted by atomic mass is 10.3. The van der Waals surface area contributed by atoms with Crippen molar-refractivity contribution >= 4 is 11.9 Å². The third-order valence-electron chi connectivity index (χ3n) is 2.57. The molecule has 0 saturated carbocycles. The number of likely N-dealkylation sites (N-methyl/N-ethyl adjacent to an activating group) is 1. The maximum Gasteiger partial charge on any atom is 0.322 e. The van der Waals surface area contributed by atoms with E-state index in [1.807, 2.05) is 21.0 Å². The van der Waals surface area contributed by atoms with Crippen LogP contribution in [0, 0.1) is 0 Å². The number of hydrogen-bond donors (Lipinski definition) is 2. The third kappa shape index (κ3) is 4.33. The van der Waals surface area contributed by atoms with Gasteiger partial charge in [0.15, 0.2) is 0 Å². The lowest BCUT2D eigenvalue weighted by molar-refractivity contribution is 0.325. The van der Waals surface area contributed by atoms with Crippen LogP contribution >= 0.6 is 0 Å². The molecule has 1 rings (SSSR count). The number of hydrogen-bond acceptors (Lipinski definition) is 7. The van der Waals surface area contributed by atoms with Crippen molar-refractivity contribution in [3.63, 3.8) is 0 Å². The smallest absolute Gasteiger partial charge is 0.322 e. The Bertz CT molecular complexity index is 371. The molecule has 7 nitrogen and oxygen atoms in total. The highest BCUT2D eigenvalue weighted by atomic mass is 16.5. The van der Waals surface area contributed by atoms with Gasteiger partial charge < -0.3 is 20.3 Å². The summed E-state index contributed by atoms with van der Waals surface area (Å²) < 4.78 is 5.04. The zero-order valence-electron chi connectivity index (χ0n) is 11.7. The van der Waals surface area contributed by atoms with Crippen molar-refractivity contribution in [2.75, 3.05) is 44.9 Å². The molecule has 2 N–H and O–H groups in total. The van der Waals surface area contributed by atoms with Gasteiger partial charge in [0.1, 0.15) is 0 Å². The van der Waals surface area contributed by atoms with Crippen molar-refractivity contribution in [3.05, 3.63) is 0 Å². The quantitative estimate of drug-likeness (QED) is 0.740. The molecule has 0 radical (unpaired) electrons. The van der Waals surface area contributed by atoms with Gasteiger partial charge in [0, 0.05) is 19.1 Å². The highest BCUT2D eigenvalue weighted by Gasteiger charge is 2.08. The molecule has 1 heterocycles. The number of methoxy groups -OCH3 is 1. The van der Waals surface area contributed by atoms with Crippen LogP contribution in [-0.4, -0.2) is 60.2 Å². The van der Waals surface area contributed by atoms with Crippen LogP contribution in [0.3, 0.4) is 0 Å². The van der Waals surface area contributed by atoms with E-state index in [0.29, 0.717) is 23.9 Å². The molecular formula is C11H22N6O. The molecule has 0 aromatic carbocycles. The highest BCUT2D eigenvalue weighted by molar-refractivity contribution is 5.35. The van der Waals surface area contributed by atoms with Crippen LogP contribution in [0.2, 0.25) is 0 Å². The van der Waals surface area contributed by atoms with Crippen LogP contribution in [0.1, 0.15) is 13.8 Å². The predicted molar refractivity (Wildman–Crippen MR) is 72.2 cm³/mol.